The molecule has 0 radical (unpaired) electrons. The molecule has 4 heterocycles. The Balaban J connectivity index is 1.61. The zero-order valence-electron chi connectivity index (χ0n) is 16.2. The Kier molecular flexibility index (Phi) is 5.07. The van der Waals surface area contributed by atoms with E-state index in [0.717, 1.165) is 41.9 Å². The van der Waals surface area contributed by atoms with Crippen LogP contribution in [0, 0.1) is 5.92 Å². The van der Waals surface area contributed by atoms with Gasteiger partial charge in [-0.25, -0.2) is 4.68 Å². The van der Waals surface area contributed by atoms with E-state index < -0.39 is 12.2 Å². The minimum atomic E-state index is -4.31. The van der Waals surface area contributed by atoms with Crippen molar-refractivity contribution in [2.24, 2.45) is 5.92 Å². The highest BCUT2D eigenvalue weighted by atomic mass is 19.4. The number of fused-ring (bicyclic) bond motifs is 1. The molecule has 3 atom stereocenters. The van der Waals surface area contributed by atoms with Gasteiger partial charge in [-0.15, -0.1) is 0 Å². The molecule has 2 aromatic rings. The fourth-order valence-electron chi connectivity index (χ4n) is 4.30. The van der Waals surface area contributed by atoms with Crippen LogP contribution in [0.5, 0.6) is 0 Å². The summed E-state index contributed by atoms with van der Waals surface area (Å²) in [5, 5.41) is 7.72. The molecule has 8 heteroatoms. The molecule has 2 aromatic heterocycles. The van der Waals surface area contributed by atoms with Crippen LogP contribution in [0.2, 0.25) is 0 Å². The van der Waals surface area contributed by atoms with Gasteiger partial charge in [-0.05, 0) is 43.4 Å². The molecule has 2 aliphatic heterocycles. The summed E-state index contributed by atoms with van der Waals surface area (Å²) in [4.78, 5) is 6.44. The molecule has 1 N–H and O–H groups in total. The number of pyridine rings is 1. The third-order valence-corrected chi connectivity index (χ3v) is 5.86. The lowest BCUT2D eigenvalue weighted by molar-refractivity contribution is -0.174. The summed E-state index contributed by atoms with van der Waals surface area (Å²) in [6.45, 7) is 5.53. The highest BCUT2D eigenvalue weighted by molar-refractivity contribution is 5.42. The standard InChI is InChI=1S/C20H26F3N5/c1-13(2)15-9-18(20(21,22)23)28-19(25-15)10-16(26-28)17-6-4-8-27(17)12-14-5-3-7-24-11-14/h3,5,7,10-11,13,15,17-18,25H,4,6,8-9,12H2,1-2H3/t15-,17+,18+/m0/s1. The fourth-order valence-corrected chi connectivity index (χ4v) is 4.30. The van der Waals surface area contributed by atoms with Gasteiger partial charge in [0.1, 0.15) is 5.82 Å². The van der Waals surface area contributed by atoms with Crippen molar-refractivity contribution in [1.82, 2.24) is 19.7 Å². The first-order chi connectivity index (χ1) is 13.3. The summed E-state index contributed by atoms with van der Waals surface area (Å²) in [6.07, 6.45) is 1.20. The highest BCUT2D eigenvalue weighted by Gasteiger charge is 2.47. The first-order valence-electron chi connectivity index (χ1n) is 9.88. The number of anilines is 1. The van der Waals surface area contributed by atoms with E-state index in [2.05, 4.69) is 20.3 Å². The lowest BCUT2D eigenvalue weighted by atomic mass is 9.94. The maximum atomic E-state index is 13.7. The van der Waals surface area contributed by atoms with Crippen molar-refractivity contribution in [3.63, 3.8) is 0 Å². The second kappa shape index (κ2) is 7.39. The van der Waals surface area contributed by atoms with Gasteiger partial charge in [0.05, 0.1) is 11.7 Å². The van der Waals surface area contributed by atoms with Gasteiger partial charge < -0.3 is 5.32 Å². The molecule has 152 valence electrons. The summed E-state index contributed by atoms with van der Waals surface area (Å²) >= 11 is 0. The van der Waals surface area contributed by atoms with Gasteiger partial charge in [-0.1, -0.05) is 19.9 Å². The van der Waals surface area contributed by atoms with Crippen LogP contribution in [-0.2, 0) is 6.54 Å². The van der Waals surface area contributed by atoms with Gasteiger partial charge in [0.15, 0.2) is 6.04 Å². The van der Waals surface area contributed by atoms with E-state index in [1.54, 1.807) is 6.20 Å². The number of hydrogen-bond acceptors (Lipinski definition) is 4. The Morgan fingerprint density at radius 3 is 2.82 bits per heavy atom. The molecule has 0 aromatic carbocycles. The molecule has 4 rings (SSSR count). The van der Waals surface area contributed by atoms with Crippen LogP contribution in [0.25, 0.3) is 0 Å². The average Bonchev–Trinajstić information content (AvgIpc) is 3.26. The molecule has 1 saturated heterocycles. The summed E-state index contributed by atoms with van der Waals surface area (Å²) < 4.78 is 42.3. The fraction of sp³-hybridized carbons (Fsp3) is 0.600. The van der Waals surface area contributed by atoms with E-state index >= 15 is 0 Å². The topological polar surface area (TPSA) is 46.0 Å². The number of rotatable bonds is 4. The van der Waals surface area contributed by atoms with Crippen molar-refractivity contribution in [2.75, 3.05) is 11.9 Å². The Morgan fingerprint density at radius 2 is 2.14 bits per heavy atom. The molecular weight excluding hydrogens is 367 g/mol. The molecule has 28 heavy (non-hydrogen) atoms. The number of aromatic nitrogens is 3. The van der Waals surface area contributed by atoms with Crippen LogP contribution in [0.4, 0.5) is 19.0 Å². The third kappa shape index (κ3) is 3.74. The van der Waals surface area contributed by atoms with Crippen LogP contribution in [0.1, 0.15) is 56.5 Å². The smallest absolute Gasteiger partial charge is 0.367 e. The third-order valence-electron chi connectivity index (χ3n) is 5.86. The van der Waals surface area contributed by atoms with Crippen molar-refractivity contribution < 1.29 is 13.2 Å². The molecule has 0 spiro atoms. The summed E-state index contributed by atoms with van der Waals surface area (Å²) in [5.74, 6) is 0.598. The molecule has 0 saturated carbocycles. The van der Waals surface area contributed by atoms with Crippen molar-refractivity contribution in [3.05, 3.63) is 41.9 Å². The Morgan fingerprint density at radius 1 is 1.32 bits per heavy atom. The van der Waals surface area contributed by atoms with Gasteiger partial charge in [-0.3, -0.25) is 9.88 Å². The van der Waals surface area contributed by atoms with Crippen LogP contribution in [0.3, 0.4) is 0 Å². The van der Waals surface area contributed by atoms with Crippen molar-refractivity contribution in [2.45, 2.75) is 64.0 Å². The largest absolute Gasteiger partial charge is 0.410 e. The predicted octanol–water partition coefficient (Wildman–Crippen LogP) is 4.56. The normalized spacial score (nSPS) is 25.7. The van der Waals surface area contributed by atoms with Crippen molar-refractivity contribution in [3.8, 4) is 0 Å². The summed E-state index contributed by atoms with van der Waals surface area (Å²) in [7, 11) is 0. The maximum Gasteiger partial charge on any atom is 0.410 e. The minimum Gasteiger partial charge on any atom is -0.367 e. The monoisotopic (exact) mass is 393 g/mol. The molecule has 0 bridgehead atoms. The Labute approximate surface area is 162 Å². The quantitative estimate of drug-likeness (QED) is 0.827. The van der Waals surface area contributed by atoms with Crippen LogP contribution < -0.4 is 5.32 Å². The molecule has 0 amide bonds. The number of nitrogens with zero attached hydrogens (tertiary/aromatic N) is 4. The van der Waals surface area contributed by atoms with E-state index in [0.29, 0.717) is 5.82 Å². The molecule has 5 nitrogen and oxygen atoms in total. The molecule has 0 unspecified atom stereocenters. The lowest BCUT2D eigenvalue weighted by Crippen LogP contribution is -2.41. The number of likely N-dealkylation sites (tertiary alicyclic amines) is 1. The predicted molar refractivity (Wildman–Crippen MR) is 101 cm³/mol. The van der Waals surface area contributed by atoms with Gasteiger partial charge in [0, 0.05) is 31.0 Å². The highest BCUT2D eigenvalue weighted by Crippen LogP contribution is 2.42. The summed E-state index contributed by atoms with van der Waals surface area (Å²) in [6, 6.07) is 4.00. The Bertz CT molecular complexity index is 802. The van der Waals surface area contributed by atoms with E-state index in [4.69, 9.17) is 0 Å². The number of hydrogen-bond donors (Lipinski definition) is 1. The Hall–Kier alpha value is -2.09. The number of halogens is 3. The zero-order chi connectivity index (χ0) is 19.9. The summed E-state index contributed by atoms with van der Waals surface area (Å²) in [5.41, 5.74) is 1.83. The van der Waals surface area contributed by atoms with Crippen LogP contribution >= 0.6 is 0 Å². The van der Waals surface area contributed by atoms with Gasteiger partial charge in [0.2, 0.25) is 0 Å². The van der Waals surface area contributed by atoms with E-state index in [-0.39, 0.29) is 24.4 Å². The molecule has 2 aliphatic rings. The van der Waals surface area contributed by atoms with E-state index in [9.17, 15) is 13.2 Å². The molecule has 1 fully saturated rings. The average molecular weight is 393 g/mol. The van der Waals surface area contributed by atoms with Gasteiger partial charge in [-0.2, -0.15) is 18.3 Å². The van der Waals surface area contributed by atoms with E-state index in [1.165, 1.54) is 0 Å². The molecule has 0 aliphatic carbocycles. The first kappa shape index (κ1) is 19.2. The SMILES string of the molecule is CC(C)[C@@H]1C[C@H](C(F)(F)F)n2nc([C@H]3CCCN3Cc3cccnc3)cc2N1. The van der Waals surface area contributed by atoms with Gasteiger partial charge >= 0.3 is 6.18 Å². The second-order valence-electron chi connectivity index (χ2n) is 8.18. The maximum absolute atomic E-state index is 13.7. The van der Waals surface area contributed by atoms with Crippen LogP contribution in [0.15, 0.2) is 30.6 Å². The van der Waals surface area contributed by atoms with Gasteiger partial charge in [0.25, 0.3) is 0 Å². The zero-order valence-corrected chi connectivity index (χ0v) is 16.2. The number of nitrogens with one attached hydrogen (secondary N) is 1. The van der Waals surface area contributed by atoms with E-state index in [1.807, 2.05) is 38.2 Å². The molecular formula is C20H26F3N5. The van der Waals surface area contributed by atoms with Crippen molar-refractivity contribution in [1.29, 1.82) is 0 Å². The number of alkyl halides is 3. The minimum absolute atomic E-state index is 0.0132. The van der Waals surface area contributed by atoms with Crippen molar-refractivity contribution >= 4 is 5.82 Å². The first-order valence-corrected chi connectivity index (χ1v) is 9.88. The van der Waals surface area contributed by atoms with Crippen LogP contribution in [-0.4, -0.2) is 38.4 Å². The second-order valence-corrected chi connectivity index (χ2v) is 8.18. The lowest BCUT2D eigenvalue weighted by Gasteiger charge is -2.35.